The van der Waals surface area contributed by atoms with E-state index >= 15 is 0 Å². The minimum absolute atomic E-state index is 0.231. The molecule has 0 aliphatic heterocycles. The Bertz CT molecular complexity index is 654. The normalized spacial score (nSPS) is 10.4. The molecule has 1 heterocycles. The van der Waals surface area contributed by atoms with Gasteiger partial charge in [0.2, 0.25) is 5.89 Å². The molecule has 0 spiro atoms. The van der Waals surface area contributed by atoms with E-state index in [0.717, 1.165) is 17.8 Å². The molecule has 0 bridgehead atoms. The molecule has 0 saturated carbocycles. The van der Waals surface area contributed by atoms with E-state index in [1.165, 1.54) is 12.1 Å². The van der Waals surface area contributed by atoms with E-state index in [0.29, 0.717) is 10.8 Å². The fourth-order valence-corrected chi connectivity index (χ4v) is 2.08. The maximum absolute atomic E-state index is 10.8. The minimum atomic E-state index is -1.35. The SMILES string of the molecule is Cc1nnc(Sc2ccc(C(=O)O)c([N+](=O)[O-])c2)o1. The Morgan fingerprint density at radius 1 is 1.47 bits per heavy atom. The van der Waals surface area contributed by atoms with E-state index < -0.39 is 16.6 Å². The number of carboxylic acid groups (broad SMARTS) is 1. The van der Waals surface area contributed by atoms with Crippen LogP contribution in [0.5, 0.6) is 0 Å². The van der Waals surface area contributed by atoms with E-state index in [1.807, 2.05) is 0 Å². The number of hydrogen-bond acceptors (Lipinski definition) is 7. The molecule has 2 aromatic rings. The van der Waals surface area contributed by atoms with E-state index in [4.69, 9.17) is 9.52 Å². The van der Waals surface area contributed by atoms with E-state index in [-0.39, 0.29) is 10.8 Å². The number of aromatic nitrogens is 2. The Morgan fingerprint density at radius 2 is 2.21 bits per heavy atom. The first-order valence-corrected chi connectivity index (χ1v) is 5.78. The zero-order valence-corrected chi connectivity index (χ0v) is 10.4. The fourth-order valence-electron chi connectivity index (χ4n) is 1.33. The standard InChI is InChI=1S/C10H7N3O5S/c1-5-11-12-10(18-5)19-6-2-3-7(9(14)15)8(4-6)13(16)17/h2-4H,1H3,(H,14,15). The average molecular weight is 281 g/mol. The molecule has 0 atom stereocenters. The topological polar surface area (TPSA) is 119 Å². The molecule has 98 valence electrons. The number of aromatic carboxylic acids is 1. The van der Waals surface area contributed by atoms with Crippen molar-refractivity contribution < 1.29 is 19.2 Å². The summed E-state index contributed by atoms with van der Waals surface area (Å²) in [5, 5.41) is 27.2. The first kappa shape index (κ1) is 13.0. The van der Waals surface area contributed by atoms with E-state index in [1.54, 1.807) is 6.92 Å². The summed E-state index contributed by atoms with van der Waals surface area (Å²) in [6.45, 7) is 1.62. The monoisotopic (exact) mass is 281 g/mol. The zero-order chi connectivity index (χ0) is 14.0. The summed E-state index contributed by atoms with van der Waals surface area (Å²) in [7, 11) is 0. The predicted octanol–water partition coefficient (Wildman–Crippen LogP) is 2.14. The second kappa shape index (κ2) is 5.06. The van der Waals surface area contributed by atoms with Crippen LogP contribution in [0.1, 0.15) is 16.2 Å². The predicted molar refractivity (Wildman–Crippen MR) is 63.2 cm³/mol. The molecule has 9 heteroatoms. The lowest BCUT2D eigenvalue weighted by Crippen LogP contribution is -2.02. The number of aryl methyl sites for hydroxylation is 1. The molecule has 0 unspecified atom stereocenters. The molecule has 0 amide bonds. The lowest BCUT2D eigenvalue weighted by atomic mass is 10.2. The molecular weight excluding hydrogens is 274 g/mol. The maximum atomic E-state index is 10.8. The van der Waals surface area contributed by atoms with Gasteiger partial charge < -0.3 is 9.52 Å². The lowest BCUT2D eigenvalue weighted by Gasteiger charge is -2.00. The molecule has 0 radical (unpaired) electrons. The zero-order valence-electron chi connectivity index (χ0n) is 9.56. The van der Waals surface area contributed by atoms with Gasteiger partial charge in [0.15, 0.2) is 0 Å². The molecule has 1 aromatic carbocycles. The Balaban J connectivity index is 2.35. The molecule has 0 fully saturated rings. The summed E-state index contributed by atoms with van der Waals surface area (Å²) in [4.78, 5) is 21.4. The van der Waals surface area contributed by atoms with Gasteiger partial charge in [-0.15, -0.1) is 10.2 Å². The highest BCUT2D eigenvalue weighted by Gasteiger charge is 2.20. The second-order valence-corrected chi connectivity index (χ2v) is 4.46. The Morgan fingerprint density at radius 3 is 2.74 bits per heavy atom. The van der Waals surface area contributed by atoms with Gasteiger partial charge in [-0.05, 0) is 23.9 Å². The largest absolute Gasteiger partial charge is 0.477 e. The summed E-state index contributed by atoms with van der Waals surface area (Å²) < 4.78 is 5.12. The molecular formula is C10H7N3O5S. The number of benzene rings is 1. The minimum Gasteiger partial charge on any atom is -0.477 e. The Hall–Kier alpha value is -2.42. The Kier molecular flexibility index (Phi) is 3.47. The van der Waals surface area contributed by atoms with Gasteiger partial charge in [0.25, 0.3) is 10.9 Å². The van der Waals surface area contributed by atoms with Crippen LogP contribution < -0.4 is 0 Å². The second-order valence-electron chi connectivity index (χ2n) is 3.43. The number of nitro benzene ring substituents is 1. The first-order valence-electron chi connectivity index (χ1n) is 4.97. The van der Waals surface area contributed by atoms with Gasteiger partial charge in [0, 0.05) is 17.9 Å². The average Bonchev–Trinajstić information content (AvgIpc) is 2.74. The van der Waals surface area contributed by atoms with Gasteiger partial charge in [0.1, 0.15) is 5.56 Å². The molecule has 8 nitrogen and oxygen atoms in total. The number of carboxylic acids is 1. The van der Waals surface area contributed by atoms with Crippen molar-refractivity contribution in [3.63, 3.8) is 0 Å². The molecule has 0 aliphatic rings. The van der Waals surface area contributed by atoms with Crippen molar-refractivity contribution >= 4 is 23.4 Å². The smallest absolute Gasteiger partial charge is 0.342 e. The summed E-state index contributed by atoms with van der Waals surface area (Å²) in [6, 6.07) is 3.78. The van der Waals surface area contributed by atoms with Crippen LogP contribution in [-0.4, -0.2) is 26.2 Å². The number of rotatable bonds is 4. The van der Waals surface area contributed by atoms with Crippen molar-refractivity contribution in [2.24, 2.45) is 0 Å². The van der Waals surface area contributed by atoms with Crippen molar-refractivity contribution in [3.8, 4) is 0 Å². The van der Waals surface area contributed by atoms with Crippen LogP contribution in [0.3, 0.4) is 0 Å². The molecule has 1 aromatic heterocycles. The van der Waals surface area contributed by atoms with Crippen molar-refractivity contribution in [1.82, 2.24) is 10.2 Å². The third-order valence-electron chi connectivity index (χ3n) is 2.11. The number of hydrogen-bond donors (Lipinski definition) is 1. The summed E-state index contributed by atoms with van der Waals surface area (Å²) in [5.74, 6) is -0.976. The van der Waals surface area contributed by atoms with Gasteiger partial charge in [-0.3, -0.25) is 10.1 Å². The van der Waals surface area contributed by atoms with Crippen molar-refractivity contribution in [3.05, 3.63) is 39.8 Å². The van der Waals surface area contributed by atoms with Gasteiger partial charge >= 0.3 is 5.97 Å². The van der Waals surface area contributed by atoms with Gasteiger partial charge in [0.05, 0.1) is 4.92 Å². The molecule has 0 saturated heterocycles. The van der Waals surface area contributed by atoms with Crippen LogP contribution in [0.4, 0.5) is 5.69 Å². The summed E-state index contributed by atoms with van der Waals surface area (Å²) >= 11 is 1.02. The van der Waals surface area contributed by atoms with Gasteiger partial charge in [-0.1, -0.05) is 0 Å². The molecule has 19 heavy (non-hydrogen) atoms. The Labute approximate surface area is 110 Å². The molecule has 0 aliphatic carbocycles. The highest BCUT2D eigenvalue weighted by Crippen LogP contribution is 2.31. The van der Waals surface area contributed by atoms with Crippen LogP contribution >= 0.6 is 11.8 Å². The van der Waals surface area contributed by atoms with Crippen LogP contribution in [0.15, 0.2) is 32.7 Å². The van der Waals surface area contributed by atoms with Crippen LogP contribution in [-0.2, 0) is 0 Å². The van der Waals surface area contributed by atoms with Gasteiger partial charge in [-0.25, -0.2) is 4.79 Å². The maximum Gasteiger partial charge on any atom is 0.342 e. The quantitative estimate of drug-likeness (QED) is 0.668. The van der Waals surface area contributed by atoms with Crippen molar-refractivity contribution in [2.75, 3.05) is 0 Å². The van der Waals surface area contributed by atoms with Gasteiger partial charge in [-0.2, -0.15) is 0 Å². The third kappa shape index (κ3) is 2.88. The van der Waals surface area contributed by atoms with Crippen LogP contribution in [0.25, 0.3) is 0 Å². The summed E-state index contributed by atoms with van der Waals surface area (Å²) in [6.07, 6.45) is 0. The van der Waals surface area contributed by atoms with Crippen molar-refractivity contribution in [1.29, 1.82) is 0 Å². The first-order chi connectivity index (χ1) is 8.97. The van der Waals surface area contributed by atoms with Crippen molar-refractivity contribution in [2.45, 2.75) is 17.0 Å². The van der Waals surface area contributed by atoms with Crippen LogP contribution in [0, 0.1) is 17.0 Å². The fraction of sp³-hybridized carbons (Fsp3) is 0.100. The molecule has 1 N–H and O–H groups in total. The highest BCUT2D eigenvalue weighted by atomic mass is 32.2. The van der Waals surface area contributed by atoms with Crippen LogP contribution in [0.2, 0.25) is 0 Å². The van der Waals surface area contributed by atoms with E-state index in [2.05, 4.69) is 10.2 Å². The lowest BCUT2D eigenvalue weighted by molar-refractivity contribution is -0.385. The molecule has 2 rings (SSSR count). The number of nitrogens with zero attached hydrogens (tertiary/aromatic N) is 3. The summed E-state index contributed by atoms with van der Waals surface area (Å²) in [5.41, 5.74) is -0.843. The highest BCUT2D eigenvalue weighted by molar-refractivity contribution is 7.99. The number of carbonyl (C=O) groups is 1. The number of nitro groups is 1. The van der Waals surface area contributed by atoms with E-state index in [9.17, 15) is 14.9 Å². The third-order valence-corrected chi connectivity index (χ3v) is 2.94.